The zero-order valence-electron chi connectivity index (χ0n) is 16.4. The highest BCUT2D eigenvalue weighted by Gasteiger charge is 2.28. The van der Waals surface area contributed by atoms with Crippen LogP contribution in [0.5, 0.6) is 0 Å². The summed E-state index contributed by atoms with van der Waals surface area (Å²) in [6, 6.07) is 8.38. The summed E-state index contributed by atoms with van der Waals surface area (Å²) in [5.41, 5.74) is 2.04. The van der Waals surface area contributed by atoms with Crippen LogP contribution in [0.4, 0.5) is 0 Å². The topological polar surface area (TPSA) is 54.3 Å². The fourth-order valence-corrected chi connectivity index (χ4v) is 4.37. The molecule has 0 bridgehead atoms. The quantitative estimate of drug-likeness (QED) is 0.836. The lowest BCUT2D eigenvalue weighted by Crippen LogP contribution is -2.40. The Hall–Kier alpha value is -2.21. The summed E-state index contributed by atoms with van der Waals surface area (Å²) >= 11 is 0. The van der Waals surface area contributed by atoms with Crippen LogP contribution in [0.15, 0.2) is 24.3 Å². The number of fused-ring (bicyclic) bond motifs is 1. The van der Waals surface area contributed by atoms with Crippen LogP contribution in [0.25, 0.3) is 0 Å². The SMILES string of the molecule is Cc1nnc2n1[C@H](C)CN(C(=O)c1ccc(CN3CCCCCC3)cc1)C2. The van der Waals surface area contributed by atoms with Gasteiger partial charge in [-0.2, -0.15) is 0 Å². The largest absolute Gasteiger partial charge is 0.329 e. The third-order valence-electron chi connectivity index (χ3n) is 5.79. The first kappa shape index (κ1) is 18.2. The van der Waals surface area contributed by atoms with E-state index in [2.05, 4.69) is 38.7 Å². The minimum Gasteiger partial charge on any atom is -0.329 e. The van der Waals surface area contributed by atoms with Crippen molar-refractivity contribution in [3.63, 3.8) is 0 Å². The Labute approximate surface area is 161 Å². The van der Waals surface area contributed by atoms with E-state index in [0.29, 0.717) is 13.1 Å². The second-order valence-electron chi connectivity index (χ2n) is 7.96. The Kier molecular flexibility index (Phi) is 5.25. The van der Waals surface area contributed by atoms with E-state index >= 15 is 0 Å². The fourth-order valence-electron chi connectivity index (χ4n) is 4.37. The summed E-state index contributed by atoms with van der Waals surface area (Å²) in [4.78, 5) is 17.4. The summed E-state index contributed by atoms with van der Waals surface area (Å²) in [5.74, 6) is 1.87. The molecule has 1 aromatic carbocycles. The molecule has 144 valence electrons. The van der Waals surface area contributed by atoms with Crippen molar-refractivity contribution in [2.24, 2.45) is 0 Å². The van der Waals surface area contributed by atoms with Crippen LogP contribution < -0.4 is 0 Å². The van der Waals surface area contributed by atoms with Crippen LogP contribution >= 0.6 is 0 Å². The van der Waals surface area contributed by atoms with Gasteiger partial charge in [0.15, 0.2) is 5.82 Å². The molecule has 1 atom stereocenters. The van der Waals surface area contributed by atoms with E-state index in [1.807, 2.05) is 24.0 Å². The summed E-state index contributed by atoms with van der Waals surface area (Å²) in [5, 5.41) is 8.39. The number of hydrogen-bond donors (Lipinski definition) is 0. The van der Waals surface area contributed by atoms with Gasteiger partial charge in [-0.1, -0.05) is 25.0 Å². The lowest BCUT2D eigenvalue weighted by Gasteiger charge is -2.32. The average molecular weight is 367 g/mol. The van der Waals surface area contributed by atoms with Crippen molar-refractivity contribution in [1.29, 1.82) is 0 Å². The molecule has 27 heavy (non-hydrogen) atoms. The minimum absolute atomic E-state index is 0.0788. The van der Waals surface area contributed by atoms with Gasteiger partial charge in [0, 0.05) is 18.7 Å². The van der Waals surface area contributed by atoms with Gasteiger partial charge in [-0.05, 0) is 57.5 Å². The Bertz CT molecular complexity index is 789. The zero-order valence-corrected chi connectivity index (χ0v) is 16.4. The van der Waals surface area contributed by atoms with Gasteiger partial charge in [-0.25, -0.2) is 0 Å². The van der Waals surface area contributed by atoms with Gasteiger partial charge in [0.05, 0.1) is 12.6 Å². The highest BCUT2D eigenvalue weighted by atomic mass is 16.2. The molecular formula is C21H29N5O. The fraction of sp³-hybridized carbons (Fsp3) is 0.571. The first-order valence-electron chi connectivity index (χ1n) is 10.1. The maximum Gasteiger partial charge on any atom is 0.254 e. The molecule has 0 radical (unpaired) electrons. The third-order valence-corrected chi connectivity index (χ3v) is 5.79. The van der Waals surface area contributed by atoms with Gasteiger partial charge in [0.2, 0.25) is 0 Å². The lowest BCUT2D eigenvalue weighted by atomic mass is 10.1. The smallest absolute Gasteiger partial charge is 0.254 e. The number of carbonyl (C=O) groups excluding carboxylic acids is 1. The van der Waals surface area contributed by atoms with Crippen molar-refractivity contribution in [3.8, 4) is 0 Å². The molecule has 2 aliphatic rings. The van der Waals surface area contributed by atoms with E-state index in [0.717, 1.165) is 23.8 Å². The first-order chi connectivity index (χ1) is 13.1. The van der Waals surface area contributed by atoms with Crippen molar-refractivity contribution < 1.29 is 4.79 Å². The zero-order chi connectivity index (χ0) is 18.8. The average Bonchev–Trinajstić information content (AvgIpc) is 2.88. The van der Waals surface area contributed by atoms with E-state index in [1.165, 1.54) is 44.3 Å². The molecule has 0 saturated carbocycles. The molecular weight excluding hydrogens is 338 g/mol. The maximum absolute atomic E-state index is 13.0. The number of aromatic nitrogens is 3. The van der Waals surface area contributed by atoms with Gasteiger partial charge in [0.1, 0.15) is 5.82 Å². The molecule has 2 aromatic rings. The van der Waals surface area contributed by atoms with Crippen LogP contribution in [-0.2, 0) is 13.1 Å². The summed E-state index contributed by atoms with van der Waals surface area (Å²) in [6.07, 6.45) is 5.30. The Morgan fingerprint density at radius 3 is 2.48 bits per heavy atom. The van der Waals surface area contributed by atoms with Crippen LogP contribution in [0.1, 0.15) is 66.2 Å². The van der Waals surface area contributed by atoms with Gasteiger partial charge in [-0.3, -0.25) is 9.69 Å². The monoisotopic (exact) mass is 367 g/mol. The standard InChI is InChI=1S/C21H29N5O/c1-16-13-25(15-20-23-22-17(2)26(16)20)21(27)19-9-7-18(8-10-19)14-24-11-5-3-4-6-12-24/h7-10,16H,3-6,11-15H2,1-2H3/t16-/m1/s1. The van der Waals surface area contributed by atoms with Crippen LogP contribution in [0.3, 0.4) is 0 Å². The van der Waals surface area contributed by atoms with Crippen LogP contribution in [0.2, 0.25) is 0 Å². The predicted molar refractivity (Wildman–Crippen MR) is 104 cm³/mol. The van der Waals surface area contributed by atoms with Crippen molar-refractivity contribution in [2.45, 2.75) is 58.7 Å². The highest BCUT2D eigenvalue weighted by molar-refractivity contribution is 5.94. The molecule has 1 amide bonds. The number of hydrogen-bond acceptors (Lipinski definition) is 4. The number of nitrogens with zero attached hydrogens (tertiary/aromatic N) is 5. The minimum atomic E-state index is 0.0788. The maximum atomic E-state index is 13.0. The molecule has 3 heterocycles. The van der Waals surface area contributed by atoms with E-state index < -0.39 is 0 Å². The molecule has 2 aliphatic heterocycles. The molecule has 4 rings (SSSR count). The van der Waals surface area contributed by atoms with Gasteiger partial charge < -0.3 is 9.47 Å². The van der Waals surface area contributed by atoms with E-state index in [4.69, 9.17) is 0 Å². The molecule has 0 spiro atoms. The number of benzene rings is 1. The van der Waals surface area contributed by atoms with Gasteiger partial charge in [-0.15, -0.1) is 10.2 Å². The second kappa shape index (κ2) is 7.80. The molecule has 0 unspecified atom stereocenters. The van der Waals surface area contributed by atoms with Crippen LogP contribution in [-0.4, -0.2) is 50.1 Å². The Morgan fingerprint density at radius 1 is 1.07 bits per heavy atom. The second-order valence-corrected chi connectivity index (χ2v) is 7.96. The summed E-state index contributed by atoms with van der Waals surface area (Å²) in [6.45, 7) is 8.66. The number of rotatable bonds is 3. The molecule has 6 heteroatoms. The molecule has 0 N–H and O–H groups in total. The van der Waals surface area contributed by atoms with E-state index in [1.54, 1.807) is 0 Å². The first-order valence-corrected chi connectivity index (χ1v) is 10.1. The van der Waals surface area contributed by atoms with Gasteiger partial charge in [0.25, 0.3) is 5.91 Å². The Balaban J connectivity index is 1.42. The molecule has 6 nitrogen and oxygen atoms in total. The molecule has 0 aliphatic carbocycles. The number of amides is 1. The summed E-state index contributed by atoms with van der Waals surface area (Å²) in [7, 11) is 0. The normalized spacial score (nSPS) is 21.0. The molecule has 1 fully saturated rings. The van der Waals surface area contributed by atoms with Crippen molar-refractivity contribution in [3.05, 3.63) is 47.0 Å². The Morgan fingerprint density at radius 2 is 1.78 bits per heavy atom. The van der Waals surface area contributed by atoms with Crippen molar-refractivity contribution in [1.82, 2.24) is 24.6 Å². The van der Waals surface area contributed by atoms with E-state index in [9.17, 15) is 4.79 Å². The highest BCUT2D eigenvalue weighted by Crippen LogP contribution is 2.23. The molecule has 1 aromatic heterocycles. The van der Waals surface area contributed by atoms with E-state index in [-0.39, 0.29) is 11.9 Å². The summed E-state index contributed by atoms with van der Waals surface area (Å²) < 4.78 is 2.13. The van der Waals surface area contributed by atoms with Crippen molar-refractivity contribution in [2.75, 3.05) is 19.6 Å². The predicted octanol–water partition coefficient (Wildman–Crippen LogP) is 3.18. The number of carbonyl (C=O) groups is 1. The third kappa shape index (κ3) is 3.90. The molecule has 1 saturated heterocycles. The lowest BCUT2D eigenvalue weighted by molar-refractivity contribution is 0.0680. The number of aryl methyl sites for hydroxylation is 1. The van der Waals surface area contributed by atoms with Crippen LogP contribution in [0, 0.1) is 6.92 Å². The number of likely N-dealkylation sites (tertiary alicyclic amines) is 1. The van der Waals surface area contributed by atoms with Crippen molar-refractivity contribution >= 4 is 5.91 Å². The van der Waals surface area contributed by atoms with Gasteiger partial charge >= 0.3 is 0 Å².